The zero-order valence-electron chi connectivity index (χ0n) is 16.2. The minimum Gasteiger partial charge on any atom is -0.497 e. The molecule has 2 aromatic rings. The van der Waals surface area contributed by atoms with Gasteiger partial charge >= 0.3 is 0 Å². The van der Waals surface area contributed by atoms with Gasteiger partial charge in [0.1, 0.15) is 11.4 Å². The fourth-order valence-corrected chi connectivity index (χ4v) is 2.63. The van der Waals surface area contributed by atoms with Crippen molar-refractivity contribution in [2.24, 2.45) is 0 Å². The zero-order valence-corrected chi connectivity index (χ0v) is 16.2. The van der Waals surface area contributed by atoms with E-state index in [9.17, 15) is 9.59 Å². The molecular formula is C21H27N3O3. The molecule has 27 heavy (non-hydrogen) atoms. The highest BCUT2D eigenvalue weighted by Crippen LogP contribution is 2.12. The second-order valence-corrected chi connectivity index (χ2v) is 6.37. The second kappa shape index (κ2) is 10.3. The molecular weight excluding hydrogens is 342 g/mol. The molecule has 1 heterocycles. The van der Waals surface area contributed by atoms with E-state index in [-0.39, 0.29) is 17.5 Å². The molecule has 0 aliphatic rings. The molecule has 0 fully saturated rings. The number of methoxy groups -OCH3 is 1. The maximum absolute atomic E-state index is 12.4. The molecule has 0 aliphatic carbocycles. The summed E-state index contributed by atoms with van der Waals surface area (Å²) in [7, 11) is 3.38. The maximum atomic E-state index is 12.4. The van der Waals surface area contributed by atoms with Gasteiger partial charge in [0.25, 0.3) is 11.8 Å². The van der Waals surface area contributed by atoms with Gasteiger partial charge in [-0.3, -0.25) is 14.6 Å². The summed E-state index contributed by atoms with van der Waals surface area (Å²) >= 11 is 0. The Morgan fingerprint density at radius 3 is 2.78 bits per heavy atom. The van der Waals surface area contributed by atoms with Crippen molar-refractivity contribution in [3.8, 4) is 5.75 Å². The Morgan fingerprint density at radius 1 is 1.22 bits per heavy atom. The van der Waals surface area contributed by atoms with Crippen LogP contribution in [0.15, 0.2) is 42.6 Å². The number of unbranched alkanes of at least 4 members (excludes halogenated alkanes) is 1. The second-order valence-electron chi connectivity index (χ2n) is 6.37. The largest absolute Gasteiger partial charge is 0.497 e. The molecule has 0 unspecified atom stereocenters. The Hall–Kier alpha value is -2.89. The van der Waals surface area contributed by atoms with Gasteiger partial charge in [-0.05, 0) is 42.7 Å². The highest BCUT2D eigenvalue weighted by atomic mass is 16.5. The summed E-state index contributed by atoms with van der Waals surface area (Å²) in [6, 6.07) is 10.9. The van der Waals surface area contributed by atoms with Crippen molar-refractivity contribution in [3.63, 3.8) is 0 Å². The van der Waals surface area contributed by atoms with Crippen LogP contribution in [0.5, 0.6) is 5.75 Å². The van der Waals surface area contributed by atoms with Crippen molar-refractivity contribution in [1.82, 2.24) is 15.2 Å². The van der Waals surface area contributed by atoms with E-state index in [0.717, 1.165) is 24.2 Å². The SMILES string of the molecule is CCCCN(C)C(=O)c1cc(C(=O)NCCc2cccc(OC)c2)ccn1. The van der Waals surface area contributed by atoms with E-state index < -0.39 is 0 Å². The van der Waals surface area contributed by atoms with Crippen LogP contribution in [0, 0.1) is 0 Å². The number of amides is 2. The van der Waals surface area contributed by atoms with E-state index in [0.29, 0.717) is 25.1 Å². The summed E-state index contributed by atoms with van der Waals surface area (Å²) in [6.07, 6.45) is 4.14. The minimum absolute atomic E-state index is 0.172. The summed E-state index contributed by atoms with van der Waals surface area (Å²) in [4.78, 5) is 30.5. The van der Waals surface area contributed by atoms with E-state index in [2.05, 4.69) is 17.2 Å². The quantitative estimate of drug-likeness (QED) is 0.738. The summed E-state index contributed by atoms with van der Waals surface area (Å²) < 4.78 is 5.20. The van der Waals surface area contributed by atoms with Crippen molar-refractivity contribution >= 4 is 11.8 Å². The number of nitrogens with one attached hydrogen (secondary N) is 1. The van der Waals surface area contributed by atoms with Gasteiger partial charge in [-0.1, -0.05) is 25.5 Å². The number of hydrogen-bond donors (Lipinski definition) is 1. The lowest BCUT2D eigenvalue weighted by Crippen LogP contribution is -2.29. The molecule has 0 saturated heterocycles. The number of pyridine rings is 1. The average Bonchev–Trinajstić information content (AvgIpc) is 2.71. The van der Waals surface area contributed by atoms with Crippen molar-refractivity contribution in [2.45, 2.75) is 26.2 Å². The van der Waals surface area contributed by atoms with Gasteiger partial charge in [0.05, 0.1) is 7.11 Å². The standard InChI is InChI=1S/C21H27N3O3/c1-4-5-13-24(2)21(26)19-15-17(10-12-22-19)20(25)23-11-9-16-7-6-8-18(14-16)27-3/h6-8,10,12,14-15H,4-5,9,11,13H2,1-3H3,(H,23,25). The fraction of sp³-hybridized carbons (Fsp3) is 0.381. The molecule has 0 saturated carbocycles. The first-order valence-corrected chi connectivity index (χ1v) is 9.17. The number of benzene rings is 1. The van der Waals surface area contributed by atoms with Gasteiger partial charge in [-0.25, -0.2) is 0 Å². The lowest BCUT2D eigenvalue weighted by Gasteiger charge is -2.16. The van der Waals surface area contributed by atoms with Crippen molar-refractivity contribution in [2.75, 3.05) is 27.2 Å². The number of rotatable bonds is 9. The average molecular weight is 369 g/mol. The van der Waals surface area contributed by atoms with E-state index in [1.807, 2.05) is 24.3 Å². The molecule has 0 spiro atoms. The molecule has 0 aliphatic heterocycles. The van der Waals surface area contributed by atoms with Crippen LogP contribution in [0.4, 0.5) is 0 Å². The Bertz CT molecular complexity index is 777. The van der Waals surface area contributed by atoms with Crippen LogP contribution >= 0.6 is 0 Å². The molecule has 0 radical (unpaired) electrons. The van der Waals surface area contributed by atoms with Crippen LogP contribution in [0.1, 0.15) is 46.2 Å². The Morgan fingerprint density at radius 2 is 2.04 bits per heavy atom. The van der Waals surface area contributed by atoms with E-state index in [4.69, 9.17) is 4.74 Å². The first-order chi connectivity index (χ1) is 13.0. The Kier molecular flexibility index (Phi) is 7.79. The summed E-state index contributed by atoms with van der Waals surface area (Å²) in [6.45, 7) is 3.25. The van der Waals surface area contributed by atoms with Crippen LogP contribution < -0.4 is 10.1 Å². The van der Waals surface area contributed by atoms with Crippen LogP contribution in [0.2, 0.25) is 0 Å². The molecule has 2 amide bonds. The Labute approximate surface area is 160 Å². The van der Waals surface area contributed by atoms with E-state index in [1.54, 1.807) is 31.2 Å². The maximum Gasteiger partial charge on any atom is 0.272 e. The topological polar surface area (TPSA) is 71.5 Å². The van der Waals surface area contributed by atoms with Crippen LogP contribution in [0.25, 0.3) is 0 Å². The highest BCUT2D eigenvalue weighted by Gasteiger charge is 2.15. The first-order valence-electron chi connectivity index (χ1n) is 9.17. The normalized spacial score (nSPS) is 10.3. The molecule has 1 aromatic carbocycles. The third-order valence-electron chi connectivity index (χ3n) is 4.27. The summed E-state index contributed by atoms with van der Waals surface area (Å²) in [5.41, 5.74) is 1.80. The fourth-order valence-electron chi connectivity index (χ4n) is 2.63. The molecule has 144 valence electrons. The predicted molar refractivity (Wildman–Crippen MR) is 105 cm³/mol. The number of ether oxygens (including phenoxy) is 1. The Balaban J connectivity index is 1.93. The highest BCUT2D eigenvalue weighted by molar-refractivity contribution is 5.98. The summed E-state index contributed by atoms with van der Waals surface area (Å²) in [5.74, 6) is 0.406. The van der Waals surface area contributed by atoms with E-state index >= 15 is 0 Å². The van der Waals surface area contributed by atoms with Crippen molar-refractivity contribution in [1.29, 1.82) is 0 Å². The van der Waals surface area contributed by atoms with Crippen molar-refractivity contribution in [3.05, 3.63) is 59.4 Å². The van der Waals surface area contributed by atoms with Crippen LogP contribution in [-0.2, 0) is 6.42 Å². The van der Waals surface area contributed by atoms with Crippen LogP contribution in [-0.4, -0.2) is 48.9 Å². The van der Waals surface area contributed by atoms with E-state index in [1.165, 1.54) is 6.20 Å². The number of carbonyl (C=O) groups excluding carboxylic acids is 2. The number of carbonyl (C=O) groups is 2. The lowest BCUT2D eigenvalue weighted by atomic mass is 10.1. The molecule has 2 rings (SSSR count). The zero-order chi connectivity index (χ0) is 19.6. The third kappa shape index (κ3) is 6.09. The number of hydrogen-bond acceptors (Lipinski definition) is 4. The molecule has 1 aromatic heterocycles. The molecule has 0 atom stereocenters. The lowest BCUT2D eigenvalue weighted by molar-refractivity contribution is 0.0787. The monoisotopic (exact) mass is 369 g/mol. The van der Waals surface area contributed by atoms with Crippen molar-refractivity contribution < 1.29 is 14.3 Å². The number of nitrogens with zero attached hydrogens (tertiary/aromatic N) is 2. The molecule has 6 heteroatoms. The number of aromatic nitrogens is 1. The molecule has 6 nitrogen and oxygen atoms in total. The summed E-state index contributed by atoms with van der Waals surface area (Å²) in [5, 5.41) is 2.88. The van der Waals surface area contributed by atoms with Gasteiger partial charge < -0.3 is 15.0 Å². The van der Waals surface area contributed by atoms with Gasteiger partial charge in [-0.2, -0.15) is 0 Å². The smallest absolute Gasteiger partial charge is 0.272 e. The van der Waals surface area contributed by atoms with Gasteiger partial charge in [0, 0.05) is 31.9 Å². The predicted octanol–water partition coefficient (Wildman–Crippen LogP) is 2.93. The van der Waals surface area contributed by atoms with Crippen LogP contribution in [0.3, 0.4) is 0 Å². The molecule has 0 bridgehead atoms. The molecule has 1 N–H and O–H groups in total. The van der Waals surface area contributed by atoms with Gasteiger partial charge in [-0.15, -0.1) is 0 Å². The third-order valence-corrected chi connectivity index (χ3v) is 4.27. The first kappa shape index (κ1) is 20.4. The van der Waals surface area contributed by atoms with Gasteiger partial charge in [0.2, 0.25) is 0 Å². The van der Waals surface area contributed by atoms with Gasteiger partial charge in [0.15, 0.2) is 0 Å². The minimum atomic E-state index is -0.217.